The number of nitrogens with zero attached hydrogens (tertiary/aromatic N) is 2. The fourth-order valence-corrected chi connectivity index (χ4v) is 2.67. The summed E-state index contributed by atoms with van der Waals surface area (Å²) < 4.78 is 5.05. The van der Waals surface area contributed by atoms with Crippen LogP contribution in [0, 0.1) is 0 Å². The van der Waals surface area contributed by atoms with Crippen LogP contribution >= 0.6 is 0 Å². The van der Waals surface area contributed by atoms with Gasteiger partial charge in [0.1, 0.15) is 12.4 Å². The highest BCUT2D eigenvalue weighted by molar-refractivity contribution is 5.89. The van der Waals surface area contributed by atoms with Crippen LogP contribution in [0.3, 0.4) is 0 Å². The minimum Gasteiger partial charge on any atom is -0.445 e. The van der Waals surface area contributed by atoms with Gasteiger partial charge in [0.25, 0.3) is 0 Å². The number of primary amides is 1. The van der Waals surface area contributed by atoms with Crippen LogP contribution in [0.15, 0.2) is 24.9 Å². The highest BCUT2D eigenvalue weighted by Gasteiger charge is 2.34. The fraction of sp³-hybridized carbons (Fsp3) is 0.438. The van der Waals surface area contributed by atoms with E-state index in [0.717, 1.165) is 5.82 Å². The van der Waals surface area contributed by atoms with Crippen molar-refractivity contribution in [1.82, 2.24) is 14.9 Å². The minimum atomic E-state index is -0.544. The van der Waals surface area contributed by atoms with Gasteiger partial charge in [-0.1, -0.05) is 12.7 Å². The molecule has 4 N–H and O–H groups in total. The number of hydrogen-bond donors (Lipinski definition) is 3. The molecule has 2 heterocycles. The smallest absolute Gasteiger partial charge is 0.410 e. The summed E-state index contributed by atoms with van der Waals surface area (Å²) in [6, 6.07) is -0.105. The van der Waals surface area contributed by atoms with Crippen molar-refractivity contribution in [3.05, 3.63) is 36.4 Å². The molecular formula is C16H22N4O4. The number of rotatable bonds is 7. The zero-order chi connectivity index (χ0) is 17.5. The van der Waals surface area contributed by atoms with Crippen molar-refractivity contribution >= 4 is 18.1 Å². The molecule has 1 saturated heterocycles. The van der Waals surface area contributed by atoms with E-state index in [1.54, 1.807) is 17.2 Å². The number of β-amino-alcohol motifs (C(OH)–C–C–N with tert-alkyl or cyclic N) is 1. The third-order valence-electron chi connectivity index (χ3n) is 3.74. The maximum absolute atomic E-state index is 12.0. The molecule has 1 aromatic heterocycles. The lowest BCUT2D eigenvalue weighted by Gasteiger charge is -2.23. The molecule has 0 aromatic carbocycles. The highest BCUT2D eigenvalue weighted by Crippen LogP contribution is 2.23. The number of H-pyrrole nitrogens is 1. The molecule has 8 nitrogen and oxygen atoms in total. The third-order valence-corrected chi connectivity index (χ3v) is 3.74. The van der Waals surface area contributed by atoms with E-state index in [9.17, 15) is 14.7 Å². The Labute approximate surface area is 140 Å². The standard InChI is InChI=1S/C16H22N4O4/c1-2-7-24-16(23)20-10-13(21)8-12(20)4-6-15-18-9-11(19-15)3-5-14(17)22/h2-3,5,9,12-13,21H,1,4,6-8,10H2,(H2,17,22)(H,18,19). The van der Waals surface area contributed by atoms with Crippen molar-refractivity contribution in [2.24, 2.45) is 5.73 Å². The van der Waals surface area contributed by atoms with Crippen LogP contribution in [0.2, 0.25) is 0 Å². The number of nitrogens with two attached hydrogens (primary N) is 1. The predicted octanol–water partition coefficient (Wildman–Crippen LogP) is 0.599. The quantitative estimate of drug-likeness (QED) is 0.498. The Morgan fingerprint density at radius 2 is 2.38 bits per heavy atom. The molecular weight excluding hydrogens is 312 g/mol. The summed E-state index contributed by atoms with van der Waals surface area (Å²) in [4.78, 5) is 31.5. The van der Waals surface area contributed by atoms with Gasteiger partial charge in [-0.05, 0) is 18.9 Å². The summed E-state index contributed by atoms with van der Waals surface area (Å²) in [5, 5.41) is 9.82. The second-order valence-corrected chi connectivity index (χ2v) is 5.62. The SMILES string of the molecule is C=CCOC(=O)N1CC(O)CC1CCc1ncc(C=CC(N)=O)[nH]1. The zero-order valence-corrected chi connectivity index (χ0v) is 13.4. The molecule has 2 atom stereocenters. The number of carbonyl (C=O) groups excluding carboxylic acids is 2. The van der Waals surface area contributed by atoms with Crippen LogP contribution < -0.4 is 5.73 Å². The number of imidazole rings is 1. The lowest BCUT2D eigenvalue weighted by molar-refractivity contribution is -0.113. The van der Waals surface area contributed by atoms with Crippen LogP contribution in [0.5, 0.6) is 0 Å². The molecule has 24 heavy (non-hydrogen) atoms. The third kappa shape index (κ3) is 4.95. The van der Waals surface area contributed by atoms with E-state index in [1.165, 1.54) is 12.2 Å². The minimum absolute atomic E-state index is 0.105. The van der Waals surface area contributed by atoms with Gasteiger partial charge in [-0.3, -0.25) is 4.79 Å². The largest absolute Gasteiger partial charge is 0.445 e. The molecule has 0 saturated carbocycles. The molecule has 8 heteroatoms. The number of aliphatic hydroxyl groups is 1. The monoisotopic (exact) mass is 334 g/mol. The first-order valence-corrected chi connectivity index (χ1v) is 7.73. The van der Waals surface area contributed by atoms with Crippen molar-refractivity contribution in [1.29, 1.82) is 0 Å². The maximum Gasteiger partial charge on any atom is 0.410 e. The number of carbonyl (C=O) groups is 2. The molecule has 1 fully saturated rings. The van der Waals surface area contributed by atoms with E-state index in [2.05, 4.69) is 16.5 Å². The van der Waals surface area contributed by atoms with Crippen molar-refractivity contribution in [3.8, 4) is 0 Å². The number of aromatic amines is 1. The van der Waals surface area contributed by atoms with Gasteiger partial charge in [-0.2, -0.15) is 0 Å². The normalized spacial score (nSPS) is 20.5. The Bertz CT molecular complexity index is 625. The molecule has 1 aliphatic heterocycles. The Morgan fingerprint density at radius 3 is 3.08 bits per heavy atom. The molecule has 1 aromatic rings. The van der Waals surface area contributed by atoms with Gasteiger partial charge in [-0.25, -0.2) is 9.78 Å². The first-order valence-electron chi connectivity index (χ1n) is 7.73. The molecule has 0 radical (unpaired) electrons. The predicted molar refractivity (Wildman–Crippen MR) is 87.8 cm³/mol. The Balaban J connectivity index is 1.91. The van der Waals surface area contributed by atoms with Gasteiger partial charge in [0.05, 0.1) is 24.5 Å². The lowest BCUT2D eigenvalue weighted by Crippen LogP contribution is -2.36. The fourth-order valence-electron chi connectivity index (χ4n) is 2.67. The van der Waals surface area contributed by atoms with Gasteiger partial charge in [-0.15, -0.1) is 0 Å². The Hall–Kier alpha value is -2.61. The van der Waals surface area contributed by atoms with E-state index >= 15 is 0 Å². The molecule has 0 aliphatic carbocycles. The Kier molecular flexibility index (Phi) is 6.14. The number of amides is 2. The summed E-state index contributed by atoms with van der Waals surface area (Å²) in [6.07, 6.45) is 6.69. The topological polar surface area (TPSA) is 122 Å². The summed E-state index contributed by atoms with van der Waals surface area (Å²) >= 11 is 0. The summed E-state index contributed by atoms with van der Waals surface area (Å²) in [5.41, 5.74) is 5.72. The van der Waals surface area contributed by atoms with E-state index in [1.807, 2.05) is 0 Å². The van der Waals surface area contributed by atoms with Crippen LogP contribution in [0.25, 0.3) is 6.08 Å². The molecule has 130 valence electrons. The number of aliphatic hydroxyl groups excluding tert-OH is 1. The maximum atomic E-state index is 12.0. The molecule has 2 unspecified atom stereocenters. The van der Waals surface area contributed by atoms with E-state index in [-0.39, 0.29) is 19.2 Å². The van der Waals surface area contributed by atoms with E-state index in [0.29, 0.717) is 25.0 Å². The van der Waals surface area contributed by atoms with Gasteiger partial charge < -0.3 is 25.5 Å². The number of nitrogens with one attached hydrogen (secondary N) is 1. The second-order valence-electron chi connectivity index (χ2n) is 5.62. The summed E-state index contributed by atoms with van der Waals surface area (Å²) in [7, 11) is 0. The number of aryl methyl sites for hydroxylation is 1. The van der Waals surface area contributed by atoms with Crippen molar-refractivity contribution in [2.45, 2.75) is 31.4 Å². The molecule has 0 spiro atoms. The van der Waals surface area contributed by atoms with Crippen LogP contribution in [-0.2, 0) is 16.0 Å². The first kappa shape index (κ1) is 17.7. The van der Waals surface area contributed by atoms with Gasteiger partial charge in [0, 0.05) is 18.5 Å². The number of likely N-dealkylation sites (tertiary alicyclic amines) is 1. The zero-order valence-electron chi connectivity index (χ0n) is 13.4. The van der Waals surface area contributed by atoms with Crippen molar-refractivity contribution in [3.63, 3.8) is 0 Å². The molecule has 2 amide bonds. The average Bonchev–Trinajstić information content (AvgIpc) is 3.14. The second kappa shape index (κ2) is 8.30. The molecule has 0 bridgehead atoms. The number of hydrogen-bond acceptors (Lipinski definition) is 5. The van der Waals surface area contributed by atoms with E-state index < -0.39 is 18.1 Å². The van der Waals surface area contributed by atoms with Crippen LogP contribution in [0.1, 0.15) is 24.4 Å². The highest BCUT2D eigenvalue weighted by atomic mass is 16.6. The number of ether oxygens (including phenoxy) is 1. The van der Waals surface area contributed by atoms with Crippen molar-refractivity contribution < 1.29 is 19.4 Å². The average molecular weight is 334 g/mol. The number of aromatic nitrogens is 2. The van der Waals surface area contributed by atoms with Gasteiger partial charge in [0.15, 0.2) is 0 Å². The van der Waals surface area contributed by atoms with Gasteiger partial charge >= 0.3 is 6.09 Å². The van der Waals surface area contributed by atoms with Gasteiger partial charge in [0.2, 0.25) is 5.91 Å². The molecule has 2 rings (SSSR count). The molecule has 1 aliphatic rings. The van der Waals surface area contributed by atoms with Crippen LogP contribution in [-0.4, -0.2) is 57.3 Å². The van der Waals surface area contributed by atoms with Crippen molar-refractivity contribution in [2.75, 3.05) is 13.2 Å². The van der Waals surface area contributed by atoms with Crippen LogP contribution in [0.4, 0.5) is 4.79 Å². The lowest BCUT2D eigenvalue weighted by atomic mass is 10.1. The summed E-state index contributed by atoms with van der Waals surface area (Å²) in [6.45, 7) is 3.92. The first-order chi connectivity index (χ1) is 11.5. The summed E-state index contributed by atoms with van der Waals surface area (Å²) in [5.74, 6) is 0.208. The van der Waals surface area contributed by atoms with E-state index in [4.69, 9.17) is 10.5 Å². The Morgan fingerprint density at radius 1 is 1.58 bits per heavy atom.